The van der Waals surface area contributed by atoms with Crippen LogP contribution in [0.15, 0.2) is 12.1 Å². The topological polar surface area (TPSA) is 42.0 Å². The summed E-state index contributed by atoms with van der Waals surface area (Å²) < 4.78 is 0. The largest absolute Gasteiger partial charge is 0.324 e. The summed E-state index contributed by atoms with van der Waals surface area (Å²) in [6, 6.07) is 3.53. The predicted molar refractivity (Wildman–Crippen MR) is 66.9 cm³/mol. The molecule has 2 saturated carbocycles. The van der Waals surface area contributed by atoms with Crippen molar-refractivity contribution in [2.45, 2.75) is 26.2 Å². The van der Waals surface area contributed by atoms with Gasteiger partial charge in [-0.1, -0.05) is 18.0 Å². The van der Waals surface area contributed by atoms with E-state index in [4.69, 9.17) is 11.6 Å². The number of amides is 1. The Morgan fingerprint density at radius 2 is 2.12 bits per heavy atom. The van der Waals surface area contributed by atoms with E-state index in [1.165, 1.54) is 19.3 Å². The second-order valence-corrected chi connectivity index (χ2v) is 5.43. The Morgan fingerprint density at radius 1 is 1.41 bits per heavy atom. The van der Waals surface area contributed by atoms with Crippen LogP contribution in [0.3, 0.4) is 0 Å². The van der Waals surface area contributed by atoms with E-state index < -0.39 is 0 Å². The predicted octanol–water partition coefficient (Wildman–Crippen LogP) is 3.03. The van der Waals surface area contributed by atoms with E-state index in [0.717, 1.165) is 11.4 Å². The summed E-state index contributed by atoms with van der Waals surface area (Å²) in [5.41, 5.74) is 1.56. The standard InChI is InChI=1S/C13H15ClN2O/c1-7-10(5-6-11(14)15-7)16-13(17)12-8-3-2-4-9(8)12/h5-6,8-9,12H,2-4H2,1H3,(H,16,17). The average Bonchev–Trinajstić information content (AvgIpc) is 2.77. The molecule has 4 heteroatoms. The first-order valence-electron chi connectivity index (χ1n) is 6.11. The molecule has 0 bridgehead atoms. The highest BCUT2D eigenvalue weighted by Gasteiger charge is 2.56. The summed E-state index contributed by atoms with van der Waals surface area (Å²) in [6.07, 6.45) is 3.74. The first-order valence-corrected chi connectivity index (χ1v) is 6.48. The van der Waals surface area contributed by atoms with Gasteiger partial charge in [0.15, 0.2) is 0 Å². The molecule has 0 radical (unpaired) electrons. The molecule has 17 heavy (non-hydrogen) atoms. The van der Waals surface area contributed by atoms with Gasteiger partial charge in [-0.15, -0.1) is 0 Å². The number of rotatable bonds is 2. The molecular formula is C13H15ClN2O. The Hall–Kier alpha value is -1.09. The van der Waals surface area contributed by atoms with Crippen LogP contribution >= 0.6 is 11.6 Å². The van der Waals surface area contributed by atoms with E-state index in [-0.39, 0.29) is 11.8 Å². The Balaban J connectivity index is 1.69. The van der Waals surface area contributed by atoms with Gasteiger partial charge in [0.1, 0.15) is 5.15 Å². The third-order valence-corrected chi connectivity index (χ3v) is 4.23. The lowest BCUT2D eigenvalue weighted by Gasteiger charge is -2.08. The second kappa shape index (κ2) is 3.98. The molecule has 0 aromatic carbocycles. The minimum atomic E-state index is 0.159. The first kappa shape index (κ1) is 11.0. The van der Waals surface area contributed by atoms with E-state index >= 15 is 0 Å². The number of carbonyl (C=O) groups excluding carboxylic acids is 1. The number of hydrogen-bond donors (Lipinski definition) is 1. The summed E-state index contributed by atoms with van der Waals surface area (Å²) in [5.74, 6) is 1.71. The Morgan fingerprint density at radius 3 is 2.76 bits per heavy atom. The maximum Gasteiger partial charge on any atom is 0.228 e. The summed E-state index contributed by atoms with van der Waals surface area (Å²) >= 11 is 5.78. The summed E-state index contributed by atoms with van der Waals surface area (Å²) in [4.78, 5) is 16.2. The molecule has 3 nitrogen and oxygen atoms in total. The molecule has 1 aromatic rings. The van der Waals surface area contributed by atoms with E-state index in [0.29, 0.717) is 17.0 Å². The number of nitrogens with zero attached hydrogens (tertiary/aromatic N) is 1. The number of nitrogens with one attached hydrogen (secondary N) is 1. The molecule has 2 aliphatic carbocycles. The van der Waals surface area contributed by atoms with Gasteiger partial charge >= 0.3 is 0 Å². The van der Waals surface area contributed by atoms with Crippen molar-refractivity contribution in [1.82, 2.24) is 4.98 Å². The van der Waals surface area contributed by atoms with E-state index in [1.807, 2.05) is 13.0 Å². The van der Waals surface area contributed by atoms with Gasteiger partial charge in [-0.2, -0.15) is 0 Å². The minimum Gasteiger partial charge on any atom is -0.324 e. The molecule has 2 unspecified atom stereocenters. The fraction of sp³-hybridized carbons (Fsp3) is 0.538. The SMILES string of the molecule is Cc1nc(Cl)ccc1NC(=O)C1C2CCCC21. The quantitative estimate of drug-likeness (QED) is 0.820. The molecule has 2 atom stereocenters. The number of carbonyl (C=O) groups is 1. The third-order valence-electron chi connectivity index (χ3n) is 4.02. The fourth-order valence-corrected chi connectivity index (χ4v) is 3.28. The molecule has 0 saturated heterocycles. The van der Waals surface area contributed by atoms with Crippen molar-refractivity contribution in [1.29, 1.82) is 0 Å². The molecule has 90 valence electrons. The number of aromatic nitrogens is 1. The Labute approximate surface area is 106 Å². The van der Waals surface area contributed by atoms with Crippen LogP contribution < -0.4 is 5.32 Å². The summed E-state index contributed by atoms with van der Waals surface area (Å²) in [6.45, 7) is 1.86. The molecule has 3 rings (SSSR count). The molecule has 1 N–H and O–H groups in total. The van der Waals surface area contributed by atoms with Crippen molar-refractivity contribution in [3.8, 4) is 0 Å². The Bertz CT molecular complexity index is 464. The smallest absolute Gasteiger partial charge is 0.228 e. The van der Waals surface area contributed by atoms with Crippen molar-refractivity contribution in [2.75, 3.05) is 5.32 Å². The van der Waals surface area contributed by atoms with Crippen molar-refractivity contribution in [3.63, 3.8) is 0 Å². The summed E-state index contributed by atoms with van der Waals surface area (Å²) in [5, 5.41) is 3.43. The minimum absolute atomic E-state index is 0.159. The highest BCUT2D eigenvalue weighted by molar-refractivity contribution is 6.29. The number of halogens is 1. The van der Waals surface area contributed by atoms with Crippen LogP contribution in [0.25, 0.3) is 0 Å². The van der Waals surface area contributed by atoms with Gasteiger partial charge in [0.25, 0.3) is 0 Å². The van der Waals surface area contributed by atoms with Crippen LogP contribution in [-0.4, -0.2) is 10.9 Å². The van der Waals surface area contributed by atoms with Gasteiger partial charge in [-0.3, -0.25) is 4.79 Å². The van der Waals surface area contributed by atoms with Crippen LogP contribution in [0.1, 0.15) is 25.0 Å². The van der Waals surface area contributed by atoms with E-state index in [2.05, 4.69) is 10.3 Å². The van der Waals surface area contributed by atoms with E-state index in [9.17, 15) is 4.79 Å². The molecule has 0 spiro atoms. The van der Waals surface area contributed by atoms with Gasteiger partial charge in [0, 0.05) is 5.92 Å². The normalized spacial score (nSPS) is 29.9. The van der Waals surface area contributed by atoms with Crippen LogP contribution in [0.5, 0.6) is 0 Å². The third kappa shape index (κ3) is 1.93. The molecule has 0 aliphatic heterocycles. The summed E-state index contributed by atoms with van der Waals surface area (Å²) in [7, 11) is 0. The number of fused-ring (bicyclic) bond motifs is 1. The van der Waals surface area contributed by atoms with Gasteiger partial charge in [-0.05, 0) is 43.7 Å². The molecule has 2 aliphatic rings. The number of pyridine rings is 1. The van der Waals surface area contributed by atoms with Crippen molar-refractivity contribution in [2.24, 2.45) is 17.8 Å². The van der Waals surface area contributed by atoms with Crippen LogP contribution in [-0.2, 0) is 4.79 Å². The molecular weight excluding hydrogens is 236 g/mol. The van der Waals surface area contributed by atoms with Crippen molar-refractivity contribution in [3.05, 3.63) is 23.0 Å². The zero-order chi connectivity index (χ0) is 12.0. The molecule has 1 amide bonds. The second-order valence-electron chi connectivity index (χ2n) is 5.04. The lowest BCUT2D eigenvalue weighted by molar-refractivity contribution is -0.118. The van der Waals surface area contributed by atoms with E-state index in [1.54, 1.807) is 6.07 Å². The van der Waals surface area contributed by atoms with Crippen LogP contribution in [0.2, 0.25) is 5.15 Å². The van der Waals surface area contributed by atoms with Crippen LogP contribution in [0, 0.1) is 24.7 Å². The maximum atomic E-state index is 12.1. The van der Waals surface area contributed by atoms with Gasteiger partial charge in [-0.25, -0.2) is 4.98 Å². The monoisotopic (exact) mass is 250 g/mol. The fourth-order valence-electron chi connectivity index (χ4n) is 3.09. The molecule has 2 fully saturated rings. The number of aryl methyl sites for hydroxylation is 1. The number of anilines is 1. The highest BCUT2D eigenvalue weighted by atomic mass is 35.5. The van der Waals surface area contributed by atoms with Gasteiger partial charge < -0.3 is 5.32 Å². The average molecular weight is 251 g/mol. The first-order chi connectivity index (χ1) is 8.16. The van der Waals surface area contributed by atoms with Crippen molar-refractivity contribution < 1.29 is 4.79 Å². The number of hydrogen-bond acceptors (Lipinski definition) is 2. The Kier molecular flexibility index (Phi) is 2.58. The van der Waals surface area contributed by atoms with Crippen LogP contribution in [0.4, 0.5) is 5.69 Å². The zero-order valence-electron chi connectivity index (χ0n) is 9.74. The maximum absolute atomic E-state index is 12.1. The lowest BCUT2D eigenvalue weighted by Crippen LogP contribution is -2.17. The molecule has 1 aromatic heterocycles. The highest BCUT2D eigenvalue weighted by Crippen LogP contribution is 2.57. The zero-order valence-corrected chi connectivity index (χ0v) is 10.5. The molecule has 1 heterocycles. The lowest BCUT2D eigenvalue weighted by atomic mass is 10.1. The van der Waals surface area contributed by atoms with Gasteiger partial charge in [0.2, 0.25) is 5.91 Å². The van der Waals surface area contributed by atoms with Crippen molar-refractivity contribution >= 4 is 23.2 Å². The van der Waals surface area contributed by atoms with Gasteiger partial charge in [0.05, 0.1) is 11.4 Å².